The van der Waals surface area contributed by atoms with E-state index in [2.05, 4.69) is 20.6 Å². The minimum absolute atomic E-state index is 0.0886. The topological polar surface area (TPSA) is 109 Å². The van der Waals surface area contributed by atoms with Crippen molar-refractivity contribution in [2.24, 2.45) is 0 Å². The molecule has 0 saturated carbocycles. The quantitative estimate of drug-likeness (QED) is 0.591. The molecule has 0 atom stereocenters. The van der Waals surface area contributed by atoms with Gasteiger partial charge >= 0.3 is 0 Å². The second-order valence-corrected chi connectivity index (χ2v) is 5.46. The molecule has 3 aromatic rings. The number of hydrogen-bond acceptors (Lipinski definition) is 5. The largest absolute Gasteiger partial charge is 0.454 e. The van der Waals surface area contributed by atoms with Crippen molar-refractivity contribution in [3.8, 4) is 0 Å². The maximum atomic E-state index is 13.1. The molecule has 8 nitrogen and oxygen atoms in total. The van der Waals surface area contributed by atoms with Crippen molar-refractivity contribution in [1.29, 1.82) is 0 Å². The molecule has 0 aliphatic carbocycles. The molecule has 0 fully saturated rings. The van der Waals surface area contributed by atoms with E-state index in [0.717, 1.165) is 0 Å². The number of aromatic amines is 1. The Morgan fingerprint density at radius 3 is 2.96 bits per heavy atom. The molecule has 2 aromatic heterocycles. The number of ether oxygens (including phenoxy) is 1. The third-order valence-electron chi connectivity index (χ3n) is 3.54. The van der Waals surface area contributed by atoms with Gasteiger partial charge in [0.25, 0.3) is 5.91 Å². The van der Waals surface area contributed by atoms with Crippen LogP contribution in [-0.4, -0.2) is 35.4 Å². The zero-order chi connectivity index (χ0) is 18.5. The molecule has 9 heteroatoms. The van der Waals surface area contributed by atoms with E-state index >= 15 is 0 Å². The van der Waals surface area contributed by atoms with Crippen molar-refractivity contribution in [2.75, 3.05) is 13.7 Å². The molecule has 0 bridgehead atoms. The summed E-state index contributed by atoms with van der Waals surface area (Å²) < 4.78 is 23.7. The summed E-state index contributed by atoms with van der Waals surface area (Å²) in [4.78, 5) is 30.3. The Hall–Kier alpha value is -3.20. The van der Waals surface area contributed by atoms with Gasteiger partial charge < -0.3 is 24.8 Å². The smallest absolute Gasteiger partial charge is 0.286 e. The number of fused-ring (bicyclic) bond motifs is 1. The van der Waals surface area contributed by atoms with Crippen LogP contribution >= 0.6 is 0 Å². The second kappa shape index (κ2) is 7.79. The zero-order valence-electron chi connectivity index (χ0n) is 14.0. The first-order chi connectivity index (χ1) is 12.5. The van der Waals surface area contributed by atoms with Crippen molar-refractivity contribution < 1.29 is 23.1 Å². The number of furan rings is 1. The van der Waals surface area contributed by atoms with Gasteiger partial charge in [-0.3, -0.25) is 9.59 Å². The van der Waals surface area contributed by atoms with E-state index in [9.17, 15) is 14.0 Å². The van der Waals surface area contributed by atoms with Gasteiger partial charge in [0.2, 0.25) is 5.91 Å². The van der Waals surface area contributed by atoms with E-state index in [1.165, 1.54) is 25.2 Å². The SMILES string of the molecule is CNC(=O)c1ccc(CNC(=O)COCc2nc3ccc(F)cc3[nH]2)o1. The molecule has 3 N–H and O–H groups in total. The number of rotatable bonds is 7. The van der Waals surface area contributed by atoms with E-state index in [0.29, 0.717) is 22.6 Å². The first kappa shape index (κ1) is 17.6. The third kappa shape index (κ3) is 4.25. The van der Waals surface area contributed by atoms with Crippen molar-refractivity contribution in [2.45, 2.75) is 13.2 Å². The maximum absolute atomic E-state index is 13.1. The molecule has 0 aliphatic rings. The van der Waals surface area contributed by atoms with Crippen LogP contribution in [0.25, 0.3) is 11.0 Å². The first-order valence-corrected chi connectivity index (χ1v) is 7.84. The van der Waals surface area contributed by atoms with E-state index in [1.807, 2.05) is 0 Å². The van der Waals surface area contributed by atoms with Gasteiger partial charge in [0.05, 0.1) is 17.6 Å². The summed E-state index contributed by atoms with van der Waals surface area (Å²) in [5.74, 6) is 0.0948. The molecule has 26 heavy (non-hydrogen) atoms. The van der Waals surface area contributed by atoms with Gasteiger partial charge in [-0.25, -0.2) is 9.37 Å². The molecule has 0 radical (unpaired) electrons. The Morgan fingerprint density at radius 2 is 2.15 bits per heavy atom. The number of nitrogens with one attached hydrogen (secondary N) is 3. The lowest BCUT2D eigenvalue weighted by Gasteiger charge is -2.04. The fourth-order valence-corrected chi connectivity index (χ4v) is 2.30. The number of aromatic nitrogens is 2. The lowest BCUT2D eigenvalue weighted by Crippen LogP contribution is -2.27. The molecule has 136 valence electrons. The first-order valence-electron chi connectivity index (χ1n) is 7.84. The normalized spacial score (nSPS) is 10.8. The lowest BCUT2D eigenvalue weighted by molar-refractivity contribution is -0.126. The van der Waals surface area contributed by atoms with Crippen molar-refractivity contribution in [3.05, 3.63) is 53.5 Å². The summed E-state index contributed by atoms with van der Waals surface area (Å²) in [6, 6.07) is 7.37. The van der Waals surface area contributed by atoms with E-state index < -0.39 is 0 Å². The van der Waals surface area contributed by atoms with Crippen LogP contribution in [0.1, 0.15) is 22.1 Å². The number of hydrogen-bond donors (Lipinski definition) is 3. The van der Waals surface area contributed by atoms with Crippen LogP contribution in [0, 0.1) is 5.82 Å². The highest BCUT2D eigenvalue weighted by atomic mass is 19.1. The number of halogens is 1. The van der Waals surface area contributed by atoms with Crippen LogP contribution in [0.4, 0.5) is 4.39 Å². The lowest BCUT2D eigenvalue weighted by atomic mass is 10.3. The van der Waals surface area contributed by atoms with Gasteiger partial charge in [-0.05, 0) is 30.3 Å². The van der Waals surface area contributed by atoms with Crippen molar-refractivity contribution >= 4 is 22.8 Å². The minimum Gasteiger partial charge on any atom is -0.454 e. The Balaban J connectivity index is 1.43. The number of nitrogens with zero attached hydrogens (tertiary/aromatic N) is 1. The number of amides is 2. The molecule has 3 rings (SSSR count). The summed E-state index contributed by atoms with van der Waals surface area (Å²) in [5, 5.41) is 5.07. The third-order valence-corrected chi connectivity index (χ3v) is 3.54. The van der Waals surface area contributed by atoms with Crippen LogP contribution in [0.3, 0.4) is 0 Å². The van der Waals surface area contributed by atoms with Crippen LogP contribution in [0.5, 0.6) is 0 Å². The van der Waals surface area contributed by atoms with Crippen LogP contribution < -0.4 is 10.6 Å². The highest BCUT2D eigenvalue weighted by Gasteiger charge is 2.10. The molecule has 2 heterocycles. The Morgan fingerprint density at radius 1 is 1.31 bits per heavy atom. The summed E-state index contributed by atoms with van der Waals surface area (Å²) in [7, 11) is 1.50. The fourth-order valence-electron chi connectivity index (χ4n) is 2.30. The van der Waals surface area contributed by atoms with E-state index in [4.69, 9.17) is 9.15 Å². The number of carbonyl (C=O) groups excluding carboxylic acids is 2. The predicted molar refractivity (Wildman–Crippen MR) is 89.7 cm³/mol. The van der Waals surface area contributed by atoms with Crippen LogP contribution in [-0.2, 0) is 22.7 Å². The Kier molecular flexibility index (Phi) is 5.28. The summed E-state index contributed by atoms with van der Waals surface area (Å²) >= 11 is 0. The molecule has 1 aromatic carbocycles. The molecule has 0 aliphatic heterocycles. The van der Waals surface area contributed by atoms with Crippen LogP contribution in [0.2, 0.25) is 0 Å². The van der Waals surface area contributed by atoms with Gasteiger partial charge in [0, 0.05) is 7.05 Å². The number of imidazole rings is 1. The molecular formula is C17H17FN4O4. The molecule has 0 unspecified atom stereocenters. The fraction of sp³-hybridized carbons (Fsp3) is 0.235. The van der Waals surface area contributed by atoms with Crippen molar-refractivity contribution in [3.63, 3.8) is 0 Å². The monoisotopic (exact) mass is 360 g/mol. The maximum Gasteiger partial charge on any atom is 0.286 e. The highest BCUT2D eigenvalue weighted by molar-refractivity contribution is 5.91. The van der Waals surface area contributed by atoms with Crippen molar-refractivity contribution in [1.82, 2.24) is 20.6 Å². The number of carbonyl (C=O) groups is 2. The van der Waals surface area contributed by atoms with Gasteiger partial charge in [0.1, 0.15) is 30.6 Å². The van der Waals surface area contributed by atoms with Crippen LogP contribution in [0.15, 0.2) is 34.7 Å². The summed E-state index contributed by atoms with van der Waals surface area (Å²) in [5.41, 5.74) is 1.19. The minimum atomic E-state index is -0.356. The average Bonchev–Trinajstić information content (AvgIpc) is 3.25. The van der Waals surface area contributed by atoms with Gasteiger partial charge in [0.15, 0.2) is 5.76 Å². The number of benzene rings is 1. The highest BCUT2D eigenvalue weighted by Crippen LogP contribution is 2.13. The predicted octanol–water partition coefficient (Wildman–Crippen LogP) is 1.49. The second-order valence-electron chi connectivity index (χ2n) is 5.46. The zero-order valence-corrected chi connectivity index (χ0v) is 14.0. The molecule has 0 saturated heterocycles. The molecular weight excluding hydrogens is 343 g/mol. The number of H-pyrrole nitrogens is 1. The van der Waals surface area contributed by atoms with E-state index in [1.54, 1.807) is 12.1 Å². The van der Waals surface area contributed by atoms with Gasteiger partial charge in [-0.2, -0.15) is 0 Å². The van der Waals surface area contributed by atoms with Gasteiger partial charge in [-0.1, -0.05) is 0 Å². The summed E-state index contributed by atoms with van der Waals surface area (Å²) in [6.45, 7) is 0.0583. The summed E-state index contributed by atoms with van der Waals surface area (Å²) in [6.07, 6.45) is 0. The molecule has 2 amide bonds. The molecule has 0 spiro atoms. The Bertz CT molecular complexity index is 934. The van der Waals surface area contributed by atoms with Gasteiger partial charge in [-0.15, -0.1) is 0 Å². The van der Waals surface area contributed by atoms with E-state index in [-0.39, 0.29) is 43.2 Å². The average molecular weight is 360 g/mol. The standard InChI is InChI=1S/C17H17FN4O4/c1-19-17(24)14-5-3-11(26-14)7-20-16(23)9-25-8-15-21-12-4-2-10(18)6-13(12)22-15/h2-6H,7-9H2,1H3,(H,19,24)(H,20,23)(H,21,22). The Labute approximate surface area is 147 Å².